The molecule has 298 valence electrons. The maximum atomic E-state index is 5.42. The summed E-state index contributed by atoms with van der Waals surface area (Å²) < 4.78 is 9.32. The molecule has 0 atom stereocenters. The molecule has 6 aliphatic rings. The zero-order chi connectivity index (χ0) is 42.2. The number of aromatic nitrogens is 2. The summed E-state index contributed by atoms with van der Waals surface area (Å²) in [6, 6.07) is 34.0. The second-order valence-corrected chi connectivity index (χ2v) is 11.2. The van der Waals surface area contributed by atoms with Crippen molar-refractivity contribution in [1.29, 1.82) is 0 Å². The quantitative estimate of drug-likeness (QED) is 0.138. The van der Waals surface area contributed by atoms with Crippen LogP contribution in [0.5, 0.6) is 0 Å². The molecule has 6 aliphatic heterocycles. The van der Waals surface area contributed by atoms with Crippen molar-refractivity contribution in [2.24, 2.45) is 20.0 Å². The molecular weight excluding hydrogens is 701 g/mol. The smallest absolute Gasteiger partial charge is 0.192 e. The van der Waals surface area contributed by atoms with E-state index in [2.05, 4.69) is 115 Å². The Hall–Kier alpha value is -5.76. The predicted molar refractivity (Wildman–Crippen MR) is 244 cm³/mol. The minimum atomic E-state index is -0.923. The average molecular weight is 765 g/mol. The molecule has 1 spiro atoms. The molecular formula is C49H64N8+2. The van der Waals surface area contributed by atoms with Crippen LogP contribution in [0.1, 0.15) is 133 Å². The van der Waals surface area contributed by atoms with Crippen molar-refractivity contribution in [3.05, 3.63) is 130 Å². The SMILES string of the molecule is CC.CC.CC.CC.CC.CC.CC.CC.c1ccc2c(c1)C1=Nc3c4ccccc4c4n3C35n6c(c7ccccc7c6=NC6=[N+]3C(=N4)c3ccccc36)=NC2=[N+]15. The standard InChI is InChI=1S/C33H16N8.8C2H6/c1-2-10-18-17(9-1)25-34-27-19-11-3-4-12-20(19)29-36-31-23-15-7-8-16-24(23)32-37-30-22-14-6-5-13-21(22)28-35-26(18)38(25)33(39(27)29,40(28)30)41(31)32;8*1-2/h1-16H;8*1-2H3/q+2;;;;;;;;. The van der Waals surface area contributed by atoms with Crippen LogP contribution in [0.4, 0.5) is 11.6 Å². The van der Waals surface area contributed by atoms with Crippen LogP contribution in [0, 0.1) is 0 Å². The van der Waals surface area contributed by atoms with E-state index in [-0.39, 0.29) is 0 Å². The Morgan fingerprint density at radius 1 is 0.351 bits per heavy atom. The summed E-state index contributed by atoms with van der Waals surface area (Å²) in [5.74, 6) is 4.46. The predicted octanol–water partition coefficient (Wildman–Crippen LogP) is 11.9. The first-order valence-corrected chi connectivity index (χ1v) is 21.8. The summed E-state index contributed by atoms with van der Waals surface area (Å²) in [6.07, 6.45) is 0. The van der Waals surface area contributed by atoms with Gasteiger partial charge in [-0.25, -0.2) is 0 Å². The van der Waals surface area contributed by atoms with Crippen LogP contribution in [-0.2, 0) is 5.91 Å². The van der Waals surface area contributed by atoms with Gasteiger partial charge in [0.05, 0.1) is 22.3 Å². The second kappa shape index (κ2) is 18.9. The van der Waals surface area contributed by atoms with E-state index in [0.29, 0.717) is 0 Å². The molecule has 0 unspecified atom stereocenters. The molecule has 0 bridgehead atoms. The number of aliphatic imine (C=N–C) groups is 2. The molecule has 0 fully saturated rings. The highest BCUT2D eigenvalue weighted by Crippen LogP contribution is 2.52. The molecule has 0 N–H and O–H groups in total. The Morgan fingerprint density at radius 2 is 0.649 bits per heavy atom. The number of benzene rings is 4. The van der Waals surface area contributed by atoms with E-state index in [4.69, 9.17) is 20.0 Å². The first-order valence-electron chi connectivity index (χ1n) is 21.8. The number of hydrogen-bond acceptors (Lipinski definition) is 4. The van der Waals surface area contributed by atoms with Crippen LogP contribution in [-0.4, -0.2) is 41.6 Å². The van der Waals surface area contributed by atoms with Gasteiger partial charge in [-0.2, -0.15) is 9.13 Å². The van der Waals surface area contributed by atoms with Crippen LogP contribution in [0.15, 0.2) is 117 Å². The van der Waals surface area contributed by atoms with E-state index in [1.807, 2.05) is 111 Å². The molecule has 0 aliphatic carbocycles. The fraction of sp³-hybridized carbons (Fsp3) is 0.347. The summed E-state index contributed by atoms with van der Waals surface area (Å²) in [6.45, 7) is 32.0. The highest BCUT2D eigenvalue weighted by atomic mass is 15.7. The van der Waals surface area contributed by atoms with Gasteiger partial charge in [0.15, 0.2) is 0 Å². The highest BCUT2D eigenvalue weighted by molar-refractivity contribution is 6.20. The van der Waals surface area contributed by atoms with Gasteiger partial charge in [0, 0.05) is 21.5 Å². The molecule has 0 saturated carbocycles. The first kappa shape index (κ1) is 44.0. The lowest BCUT2D eigenvalue weighted by atomic mass is 10.1. The van der Waals surface area contributed by atoms with Crippen LogP contribution >= 0.6 is 0 Å². The summed E-state index contributed by atoms with van der Waals surface area (Å²) in [7, 11) is 0. The number of fused-ring (bicyclic) bond motifs is 12. The summed E-state index contributed by atoms with van der Waals surface area (Å²) in [5, 5.41) is 4.33. The lowest BCUT2D eigenvalue weighted by molar-refractivity contribution is -0.790. The number of rotatable bonds is 0. The molecule has 6 aromatic rings. The van der Waals surface area contributed by atoms with E-state index in [1.165, 1.54) is 0 Å². The van der Waals surface area contributed by atoms with Crippen molar-refractivity contribution in [1.82, 2.24) is 9.13 Å². The van der Waals surface area contributed by atoms with E-state index in [1.54, 1.807) is 0 Å². The van der Waals surface area contributed by atoms with Gasteiger partial charge in [-0.15, -0.1) is 9.15 Å². The Morgan fingerprint density at radius 3 is 1.00 bits per heavy atom. The topological polar surface area (TPSA) is 65.3 Å². The van der Waals surface area contributed by atoms with E-state index in [9.17, 15) is 0 Å². The summed E-state index contributed by atoms with van der Waals surface area (Å²) in [5.41, 5.74) is 6.13. The summed E-state index contributed by atoms with van der Waals surface area (Å²) >= 11 is 0. The van der Waals surface area contributed by atoms with Gasteiger partial charge >= 0.3 is 5.91 Å². The number of hydrogen-bond donors (Lipinski definition) is 0. The van der Waals surface area contributed by atoms with Gasteiger partial charge in [0.1, 0.15) is 0 Å². The number of amidine groups is 4. The highest BCUT2D eigenvalue weighted by Gasteiger charge is 2.69. The van der Waals surface area contributed by atoms with Crippen molar-refractivity contribution in [3.63, 3.8) is 0 Å². The zero-order valence-corrected chi connectivity index (χ0v) is 37.3. The second-order valence-electron chi connectivity index (χ2n) is 11.2. The molecule has 57 heavy (non-hydrogen) atoms. The minimum absolute atomic E-state index is 0.898. The van der Waals surface area contributed by atoms with Crippen LogP contribution < -0.4 is 11.0 Å². The monoisotopic (exact) mass is 765 g/mol. The van der Waals surface area contributed by atoms with E-state index in [0.717, 1.165) is 89.8 Å². The molecule has 0 radical (unpaired) electrons. The maximum absolute atomic E-state index is 5.42. The van der Waals surface area contributed by atoms with Crippen molar-refractivity contribution in [2.75, 3.05) is 0 Å². The molecule has 8 nitrogen and oxygen atoms in total. The Bertz CT molecular complexity index is 2470. The van der Waals surface area contributed by atoms with Crippen molar-refractivity contribution in [3.8, 4) is 0 Å². The third-order valence-corrected chi connectivity index (χ3v) is 9.38. The van der Waals surface area contributed by atoms with Crippen LogP contribution in [0.2, 0.25) is 0 Å². The molecule has 0 saturated heterocycles. The molecule has 8 heterocycles. The molecule has 12 rings (SSSR count). The van der Waals surface area contributed by atoms with Gasteiger partial charge in [0.2, 0.25) is 22.6 Å². The first-order chi connectivity index (χ1) is 28.4. The van der Waals surface area contributed by atoms with E-state index < -0.39 is 5.91 Å². The lowest BCUT2D eigenvalue weighted by Gasteiger charge is -2.40. The summed E-state index contributed by atoms with van der Waals surface area (Å²) in [4.78, 5) is 21.7. The zero-order valence-electron chi connectivity index (χ0n) is 37.3. The minimum Gasteiger partial charge on any atom is -0.192 e. The Balaban J connectivity index is 0.000000407. The largest absolute Gasteiger partial charge is 0.404 e. The van der Waals surface area contributed by atoms with Gasteiger partial charge in [-0.1, -0.05) is 179 Å². The lowest BCUT2D eigenvalue weighted by Crippen LogP contribution is -2.71. The molecule has 4 aromatic carbocycles. The Labute approximate surface area is 340 Å². The van der Waals surface area contributed by atoms with Crippen LogP contribution in [0.25, 0.3) is 21.5 Å². The fourth-order valence-electron chi connectivity index (χ4n) is 7.88. The normalized spacial score (nSPS) is 14.1. The van der Waals surface area contributed by atoms with Crippen molar-refractivity contribution < 1.29 is 9.15 Å². The molecule has 8 heteroatoms. The van der Waals surface area contributed by atoms with Gasteiger partial charge in [0.25, 0.3) is 23.3 Å². The Kier molecular flexibility index (Phi) is 14.6. The van der Waals surface area contributed by atoms with Gasteiger partial charge in [-0.3, -0.25) is 0 Å². The third-order valence-electron chi connectivity index (χ3n) is 9.38. The fourth-order valence-corrected chi connectivity index (χ4v) is 7.88. The van der Waals surface area contributed by atoms with Gasteiger partial charge < -0.3 is 0 Å². The third kappa shape index (κ3) is 5.78. The average Bonchev–Trinajstić information content (AvgIpc) is 4.05. The molecule has 0 amide bonds. The van der Waals surface area contributed by atoms with Crippen molar-refractivity contribution >= 4 is 56.5 Å². The van der Waals surface area contributed by atoms with Crippen LogP contribution in [0.3, 0.4) is 0 Å². The van der Waals surface area contributed by atoms with Gasteiger partial charge in [-0.05, 0) is 48.5 Å². The van der Waals surface area contributed by atoms with Crippen molar-refractivity contribution in [2.45, 2.75) is 117 Å². The molecule has 2 aromatic heterocycles. The van der Waals surface area contributed by atoms with E-state index >= 15 is 0 Å². The maximum Gasteiger partial charge on any atom is 0.404 e. The number of nitrogens with zero attached hydrogens (tertiary/aromatic N) is 8.